The molecule has 0 bridgehead atoms. The first-order valence-corrected chi connectivity index (χ1v) is 10.5. The van der Waals surface area contributed by atoms with Gasteiger partial charge >= 0.3 is 5.97 Å². The highest BCUT2D eigenvalue weighted by Gasteiger charge is 2.25. The van der Waals surface area contributed by atoms with Gasteiger partial charge in [-0.05, 0) is 19.3 Å². The Bertz CT molecular complexity index is 308. The van der Waals surface area contributed by atoms with Crippen LogP contribution < -0.4 is 0 Å². The van der Waals surface area contributed by atoms with Gasteiger partial charge in [-0.3, -0.25) is 4.79 Å². The minimum atomic E-state index is -0.690. The van der Waals surface area contributed by atoms with Crippen molar-refractivity contribution in [2.24, 2.45) is 0 Å². The number of aliphatic carboxylic acids is 1. The third-order valence-electron chi connectivity index (χ3n) is 5.25. The van der Waals surface area contributed by atoms with E-state index in [-0.39, 0.29) is 19.8 Å². The van der Waals surface area contributed by atoms with Crippen LogP contribution in [-0.4, -0.2) is 76.9 Å². The van der Waals surface area contributed by atoms with Gasteiger partial charge in [0.2, 0.25) is 0 Å². The number of unbranched alkanes of at least 4 members (excludes halogenated alkanes) is 10. The highest BCUT2D eigenvalue weighted by atomic mass is 16.4. The summed E-state index contributed by atoms with van der Waals surface area (Å²) < 4.78 is 0.616. The SMILES string of the molecule is O=C(O)CCCCCCCCCCCCC[N+](CCO)(CCO)CCO. The van der Waals surface area contributed by atoms with Crippen molar-refractivity contribution in [2.75, 3.05) is 46.0 Å². The van der Waals surface area contributed by atoms with Crippen LogP contribution in [0.1, 0.15) is 77.0 Å². The maximum Gasteiger partial charge on any atom is 0.303 e. The predicted octanol–water partition coefficient (Wildman–Crippen LogP) is 2.55. The van der Waals surface area contributed by atoms with Crippen LogP contribution in [0.5, 0.6) is 0 Å². The van der Waals surface area contributed by atoms with E-state index < -0.39 is 5.97 Å². The van der Waals surface area contributed by atoms with E-state index in [1.807, 2.05) is 0 Å². The fourth-order valence-corrected chi connectivity index (χ4v) is 3.62. The highest BCUT2D eigenvalue weighted by molar-refractivity contribution is 5.66. The van der Waals surface area contributed by atoms with E-state index in [1.165, 1.54) is 38.5 Å². The van der Waals surface area contributed by atoms with Crippen molar-refractivity contribution in [1.82, 2.24) is 0 Å². The van der Waals surface area contributed by atoms with Gasteiger partial charge < -0.3 is 24.9 Å². The number of hydrogen-bond donors (Lipinski definition) is 4. The van der Waals surface area contributed by atoms with Crippen LogP contribution in [0.3, 0.4) is 0 Å². The standard InChI is InChI=1S/C20H41NO5/c22-17-14-21(15-18-23,16-19-24)13-11-9-7-5-3-1-2-4-6-8-10-12-20(25)26/h22-24H,1-19H2/p+1. The second kappa shape index (κ2) is 17.7. The maximum absolute atomic E-state index is 10.4. The van der Waals surface area contributed by atoms with Gasteiger partial charge in [0, 0.05) is 6.42 Å². The molecular formula is C20H42NO5+. The Morgan fingerprint density at radius 1 is 0.538 bits per heavy atom. The van der Waals surface area contributed by atoms with Crippen LogP contribution in [0.15, 0.2) is 0 Å². The van der Waals surface area contributed by atoms with E-state index in [1.54, 1.807) is 0 Å². The van der Waals surface area contributed by atoms with Crippen molar-refractivity contribution in [3.63, 3.8) is 0 Å². The zero-order chi connectivity index (χ0) is 19.5. The lowest BCUT2D eigenvalue weighted by Gasteiger charge is -2.37. The topological polar surface area (TPSA) is 98.0 Å². The molecule has 4 N–H and O–H groups in total. The fourth-order valence-electron chi connectivity index (χ4n) is 3.62. The molecular weight excluding hydrogens is 334 g/mol. The molecule has 0 aromatic carbocycles. The normalized spacial score (nSPS) is 11.8. The largest absolute Gasteiger partial charge is 0.481 e. The van der Waals surface area contributed by atoms with E-state index in [0.29, 0.717) is 30.5 Å². The molecule has 0 rings (SSSR count). The molecule has 0 aliphatic carbocycles. The Hall–Kier alpha value is -0.690. The lowest BCUT2D eigenvalue weighted by Crippen LogP contribution is -2.53. The minimum Gasteiger partial charge on any atom is -0.481 e. The van der Waals surface area contributed by atoms with Crippen LogP contribution >= 0.6 is 0 Å². The summed E-state index contributed by atoms with van der Waals surface area (Å²) >= 11 is 0. The molecule has 0 atom stereocenters. The van der Waals surface area contributed by atoms with Gasteiger partial charge in [-0.2, -0.15) is 0 Å². The number of quaternary nitrogens is 1. The molecule has 0 saturated carbocycles. The van der Waals surface area contributed by atoms with Crippen LogP contribution in [0, 0.1) is 0 Å². The number of aliphatic hydroxyl groups excluding tert-OH is 3. The summed E-state index contributed by atoms with van der Waals surface area (Å²) in [6.07, 6.45) is 13.0. The van der Waals surface area contributed by atoms with Gasteiger partial charge in [0.1, 0.15) is 19.6 Å². The molecule has 0 heterocycles. The molecule has 0 aliphatic heterocycles. The second-order valence-corrected chi connectivity index (χ2v) is 7.44. The van der Waals surface area contributed by atoms with Gasteiger partial charge in [0.15, 0.2) is 0 Å². The molecule has 0 aliphatic rings. The van der Waals surface area contributed by atoms with Crippen LogP contribution in [-0.2, 0) is 4.79 Å². The maximum atomic E-state index is 10.4. The van der Waals surface area contributed by atoms with Crippen molar-refractivity contribution in [3.05, 3.63) is 0 Å². The second-order valence-electron chi connectivity index (χ2n) is 7.44. The van der Waals surface area contributed by atoms with Crippen molar-refractivity contribution in [3.8, 4) is 0 Å². The van der Waals surface area contributed by atoms with Crippen LogP contribution in [0.2, 0.25) is 0 Å². The van der Waals surface area contributed by atoms with E-state index >= 15 is 0 Å². The molecule has 0 saturated heterocycles. The zero-order valence-electron chi connectivity index (χ0n) is 16.6. The van der Waals surface area contributed by atoms with Crippen LogP contribution in [0.4, 0.5) is 0 Å². The van der Waals surface area contributed by atoms with Gasteiger partial charge in [-0.15, -0.1) is 0 Å². The number of carbonyl (C=O) groups is 1. The smallest absolute Gasteiger partial charge is 0.303 e. The lowest BCUT2D eigenvalue weighted by molar-refractivity contribution is -0.929. The Labute approximate surface area is 159 Å². The number of carboxylic acid groups (broad SMARTS) is 1. The first kappa shape index (κ1) is 25.3. The summed E-state index contributed by atoms with van der Waals surface area (Å²) in [7, 11) is 0. The summed E-state index contributed by atoms with van der Waals surface area (Å²) in [5, 5.41) is 36.4. The Morgan fingerprint density at radius 3 is 1.23 bits per heavy atom. The number of aliphatic hydroxyl groups is 3. The Morgan fingerprint density at radius 2 is 0.885 bits per heavy atom. The average molecular weight is 377 g/mol. The number of carboxylic acids is 1. The molecule has 0 amide bonds. The number of nitrogens with zero attached hydrogens (tertiary/aromatic N) is 1. The third-order valence-corrected chi connectivity index (χ3v) is 5.25. The first-order chi connectivity index (χ1) is 12.6. The monoisotopic (exact) mass is 376 g/mol. The van der Waals surface area contributed by atoms with Gasteiger partial charge in [0.05, 0.1) is 26.4 Å². The van der Waals surface area contributed by atoms with E-state index in [0.717, 1.165) is 38.6 Å². The summed E-state index contributed by atoms with van der Waals surface area (Å²) in [5.74, 6) is -0.690. The number of rotatable bonds is 20. The minimum absolute atomic E-state index is 0.0936. The highest BCUT2D eigenvalue weighted by Crippen LogP contribution is 2.14. The molecule has 0 aromatic heterocycles. The molecule has 156 valence electrons. The van der Waals surface area contributed by atoms with Crippen molar-refractivity contribution < 1.29 is 29.7 Å². The molecule has 0 unspecified atom stereocenters. The van der Waals surface area contributed by atoms with Crippen molar-refractivity contribution in [1.29, 1.82) is 0 Å². The molecule has 26 heavy (non-hydrogen) atoms. The Kier molecular flexibility index (Phi) is 17.2. The predicted molar refractivity (Wildman–Crippen MR) is 104 cm³/mol. The van der Waals surface area contributed by atoms with Crippen molar-refractivity contribution >= 4 is 5.97 Å². The molecule has 0 spiro atoms. The van der Waals surface area contributed by atoms with Crippen LogP contribution in [0.25, 0.3) is 0 Å². The van der Waals surface area contributed by atoms with Gasteiger partial charge in [-0.1, -0.05) is 51.4 Å². The molecule has 0 radical (unpaired) electrons. The average Bonchev–Trinajstić information content (AvgIpc) is 2.59. The quantitative estimate of drug-likeness (QED) is 0.193. The fraction of sp³-hybridized carbons (Fsp3) is 0.950. The third kappa shape index (κ3) is 14.5. The molecule has 6 nitrogen and oxygen atoms in total. The summed E-state index contributed by atoms with van der Waals surface area (Å²) in [5.41, 5.74) is 0. The summed E-state index contributed by atoms with van der Waals surface area (Å²) in [6, 6.07) is 0. The van der Waals surface area contributed by atoms with E-state index in [4.69, 9.17) is 5.11 Å². The van der Waals surface area contributed by atoms with Gasteiger partial charge in [-0.25, -0.2) is 0 Å². The van der Waals surface area contributed by atoms with E-state index in [9.17, 15) is 20.1 Å². The molecule has 0 aromatic rings. The zero-order valence-corrected chi connectivity index (χ0v) is 16.6. The molecule has 0 fully saturated rings. The summed E-state index contributed by atoms with van der Waals surface area (Å²) in [6.45, 7) is 3.01. The van der Waals surface area contributed by atoms with Crippen molar-refractivity contribution in [2.45, 2.75) is 77.0 Å². The van der Waals surface area contributed by atoms with Gasteiger partial charge in [0.25, 0.3) is 0 Å². The first-order valence-electron chi connectivity index (χ1n) is 10.5. The number of hydrogen-bond acceptors (Lipinski definition) is 4. The molecule has 6 heteroatoms. The van der Waals surface area contributed by atoms with E-state index in [2.05, 4.69) is 0 Å². The lowest BCUT2D eigenvalue weighted by atomic mass is 10.0. The summed E-state index contributed by atoms with van der Waals surface area (Å²) in [4.78, 5) is 10.4. The Balaban J connectivity index is 3.56.